The number of hydrogen-bond donors (Lipinski definition) is 2. The summed E-state index contributed by atoms with van der Waals surface area (Å²) in [4.78, 5) is 16.3. The van der Waals surface area contributed by atoms with Gasteiger partial charge in [0.25, 0.3) is 0 Å². The Labute approximate surface area is 152 Å². The third kappa shape index (κ3) is 4.08. The number of urea groups is 1. The highest BCUT2D eigenvalue weighted by molar-refractivity contribution is 5.73. The minimum absolute atomic E-state index is 0.193. The average molecular weight is 353 g/mol. The average Bonchev–Trinajstić information content (AvgIpc) is 3.25. The van der Waals surface area contributed by atoms with E-state index < -0.39 is 0 Å². The molecule has 2 N–H and O–H groups in total. The molecule has 0 radical (unpaired) electrons. The Bertz CT molecular complexity index is 883. The Balaban J connectivity index is 1.48. The summed E-state index contributed by atoms with van der Waals surface area (Å²) in [5.74, 6) is 0.720. The number of aromatic nitrogens is 5. The van der Waals surface area contributed by atoms with Crippen LogP contribution in [0.5, 0.6) is 0 Å². The van der Waals surface area contributed by atoms with Gasteiger partial charge in [-0.15, -0.1) is 0 Å². The highest BCUT2D eigenvalue weighted by Gasteiger charge is 2.09. The molecule has 0 saturated carbocycles. The van der Waals surface area contributed by atoms with Crippen LogP contribution in [0.15, 0.2) is 36.8 Å². The van der Waals surface area contributed by atoms with E-state index in [1.807, 2.05) is 50.0 Å². The van der Waals surface area contributed by atoms with Crippen LogP contribution >= 0.6 is 0 Å². The Morgan fingerprint density at radius 1 is 1.23 bits per heavy atom. The molecule has 0 atom stereocenters. The van der Waals surface area contributed by atoms with Crippen LogP contribution in [-0.2, 0) is 20.0 Å². The number of amides is 2. The minimum atomic E-state index is -0.193. The third-order valence-electron chi connectivity index (χ3n) is 4.32. The maximum atomic E-state index is 12.0. The van der Waals surface area contributed by atoms with E-state index in [0.29, 0.717) is 13.1 Å². The Morgan fingerprint density at radius 3 is 2.77 bits per heavy atom. The van der Waals surface area contributed by atoms with Crippen LogP contribution in [0.1, 0.15) is 22.5 Å². The smallest absolute Gasteiger partial charge is 0.315 e. The highest BCUT2D eigenvalue weighted by Crippen LogP contribution is 2.11. The number of aryl methyl sites for hydroxylation is 2. The summed E-state index contributed by atoms with van der Waals surface area (Å²) in [5, 5.41) is 14.3. The number of nitrogens with one attached hydrogen (secondary N) is 2. The van der Waals surface area contributed by atoms with Gasteiger partial charge < -0.3 is 10.6 Å². The van der Waals surface area contributed by atoms with E-state index in [4.69, 9.17) is 0 Å². The molecule has 0 bridgehead atoms. The van der Waals surface area contributed by atoms with Crippen molar-refractivity contribution in [1.82, 2.24) is 35.2 Å². The maximum Gasteiger partial charge on any atom is 0.315 e. The molecule has 0 aliphatic rings. The van der Waals surface area contributed by atoms with Crippen molar-refractivity contribution in [2.75, 3.05) is 6.54 Å². The van der Waals surface area contributed by atoms with Crippen LogP contribution in [0.4, 0.5) is 4.79 Å². The summed E-state index contributed by atoms with van der Waals surface area (Å²) in [5.41, 5.74) is 4.29. The largest absolute Gasteiger partial charge is 0.338 e. The van der Waals surface area contributed by atoms with Gasteiger partial charge in [-0.3, -0.25) is 4.68 Å². The van der Waals surface area contributed by atoms with Crippen molar-refractivity contribution in [3.8, 4) is 5.82 Å². The lowest BCUT2D eigenvalue weighted by atomic mass is 10.1. The molecule has 0 aliphatic heterocycles. The molecule has 0 aromatic carbocycles. The van der Waals surface area contributed by atoms with Crippen LogP contribution in [0, 0.1) is 13.8 Å². The second-order valence-electron chi connectivity index (χ2n) is 6.11. The number of hydrogen-bond acceptors (Lipinski definition) is 4. The van der Waals surface area contributed by atoms with Gasteiger partial charge in [0.1, 0.15) is 0 Å². The lowest BCUT2D eigenvalue weighted by molar-refractivity contribution is 0.240. The molecule has 26 heavy (non-hydrogen) atoms. The van der Waals surface area contributed by atoms with Crippen molar-refractivity contribution in [3.63, 3.8) is 0 Å². The first-order valence-corrected chi connectivity index (χ1v) is 8.50. The quantitative estimate of drug-likeness (QED) is 0.705. The minimum Gasteiger partial charge on any atom is -0.338 e. The maximum absolute atomic E-state index is 12.0. The zero-order valence-electron chi connectivity index (χ0n) is 15.2. The van der Waals surface area contributed by atoms with Crippen LogP contribution in [-0.4, -0.2) is 37.1 Å². The predicted molar refractivity (Wildman–Crippen MR) is 98.0 cm³/mol. The van der Waals surface area contributed by atoms with Crippen molar-refractivity contribution in [3.05, 3.63) is 59.3 Å². The molecule has 3 heterocycles. The summed E-state index contributed by atoms with van der Waals surface area (Å²) in [7, 11) is 1.93. The van der Waals surface area contributed by atoms with Crippen molar-refractivity contribution in [2.24, 2.45) is 7.05 Å². The monoisotopic (exact) mass is 353 g/mol. The molecule has 0 spiro atoms. The molecule has 136 valence electrons. The molecule has 0 saturated heterocycles. The van der Waals surface area contributed by atoms with E-state index in [9.17, 15) is 4.79 Å². The SMILES string of the molecule is Cc1nn(C)c(C)c1CCNC(=O)NCc1ccnc(-n2cccn2)c1. The molecule has 3 aromatic heterocycles. The highest BCUT2D eigenvalue weighted by atomic mass is 16.2. The van der Waals surface area contributed by atoms with Gasteiger partial charge in [0.15, 0.2) is 5.82 Å². The molecular formula is C18H23N7O. The van der Waals surface area contributed by atoms with Crippen molar-refractivity contribution < 1.29 is 4.79 Å². The zero-order valence-corrected chi connectivity index (χ0v) is 15.2. The van der Waals surface area contributed by atoms with Gasteiger partial charge in [-0.2, -0.15) is 10.2 Å². The fourth-order valence-electron chi connectivity index (χ4n) is 2.83. The molecule has 8 nitrogen and oxygen atoms in total. The van der Waals surface area contributed by atoms with Crippen molar-refractivity contribution in [1.29, 1.82) is 0 Å². The number of carbonyl (C=O) groups is 1. The molecule has 0 aliphatic carbocycles. The first-order chi connectivity index (χ1) is 12.5. The van der Waals surface area contributed by atoms with E-state index in [1.165, 1.54) is 5.56 Å². The molecule has 3 aromatic rings. The second kappa shape index (κ2) is 7.81. The number of carbonyl (C=O) groups excluding carboxylic acids is 1. The van der Waals surface area contributed by atoms with Gasteiger partial charge in [0, 0.05) is 44.4 Å². The van der Waals surface area contributed by atoms with Crippen LogP contribution in [0.3, 0.4) is 0 Å². The van der Waals surface area contributed by atoms with Gasteiger partial charge in [0.05, 0.1) is 5.69 Å². The van der Waals surface area contributed by atoms with Gasteiger partial charge in [0.2, 0.25) is 0 Å². The lowest BCUT2D eigenvalue weighted by Crippen LogP contribution is -2.36. The van der Waals surface area contributed by atoms with Crippen molar-refractivity contribution >= 4 is 6.03 Å². The Hall–Kier alpha value is -3.16. The Kier molecular flexibility index (Phi) is 5.31. The van der Waals surface area contributed by atoms with E-state index >= 15 is 0 Å². The normalized spacial score (nSPS) is 10.7. The van der Waals surface area contributed by atoms with Gasteiger partial charge >= 0.3 is 6.03 Å². The number of pyridine rings is 1. The van der Waals surface area contributed by atoms with Crippen LogP contribution in [0.2, 0.25) is 0 Å². The summed E-state index contributed by atoms with van der Waals surface area (Å²) in [6.45, 7) is 5.01. The van der Waals surface area contributed by atoms with Crippen LogP contribution < -0.4 is 10.6 Å². The van der Waals surface area contributed by atoms with Gasteiger partial charge in [-0.05, 0) is 49.6 Å². The van der Waals surface area contributed by atoms with Crippen LogP contribution in [0.25, 0.3) is 5.82 Å². The van der Waals surface area contributed by atoms with E-state index in [1.54, 1.807) is 17.1 Å². The molecule has 2 amide bonds. The third-order valence-corrected chi connectivity index (χ3v) is 4.32. The summed E-state index contributed by atoms with van der Waals surface area (Å²) in [6, 6.07) is 5.42. The van der Waals surface area contributed by atoms with Crippen molar-refractivity contribution in [2.45, 2.75) is 26.8 Å². The van der Waals surface area contributed by atoms with E-state index in [-0.39, 0.29) is 6.03 Å². The molecular weight excluding hydrogens is 330 g/mol. The lowest BCUT2D eigenvalue weighted by Gasteiger charge is -2.09. The Morgan fingerprint density at radius 2 is 2.08 bits per heavy atom. The topological polar surface area (TPSA) is 89.7 Å². The summed E-state index contributed by atoms with van der Waals surface area (Å²) in [6.07, 6.45) is 6.00. The summed E-state index contributed by atoms with van der Waals surface area (Å²) >= 11 is 0. The van der Waals surface area contributed by atoms with E-state index in [2.05, 4.69) is 25.8 Å². The second-order valence-corrected chi connectivity index (χ2v) is 6.11. The molecule has 0 unspecified atom stereocenters. The molecule has 0 fully saturated rings. The summed E-state index contributed by atoms with van der Waals surface area (Å²) < 4.78 is 3.55. The first kappa shape index (κ1) is 17.7. The standard InChI is InChI=1S/C18H23N7O/c1-13-16(14(2)24(3)23-13)6-9-20-18(26)21-12-15-5-8-19-17(11-15)25-10-4-7-22-25/h4-5,7-8,10-11H,6,9,12H2,1-3H3,(H2,20,21,26). The molecule has 8 heteroatoms. The molecule has 3 rings (SSSR count). The predicted octanol–water partition coefficient (Wildman–Crippen LogP) is 1.66. The number of rotatable bonds is 6. The number of nitrogens with zero attached hydrogens (tertiary/aromatic N) is 5. The fourth-order valence-corrected chi connectivity index (χ4v) is 2.83. The van der Waals surface area contributed by atoms with E-state index in [0.717, 1.165) is 29.2 Å². The van der Waals surface area contributed by atoms with Gasteiger partial charge in [-0.1, -0.05) is 0 Å². The zero-order chi connectivity index (χ0) is 18.5. The first-order valence-electron chi connectivity index (χ1n) is 8.50. The fraction of sp³-hybridized carbons (Fsp3) is 0.333. The van der Waals surface area contributed by atoms with Gasteiger partial charge in [-0.25, -0.2) is 14.5 Å².